The van der Waals surface area contributed by atoms with Crippen molar-refractivity contribution in [2.24, 2.45) is 12.8 Å². The first-order chi connectivity index (χ1) is 14.4. The topological polar surface area (TPSA) is 81.2 Å². The number of amides is 2. The summed E-state index contributed by atoms with van der Waals surface area (Å²) >= 11 is 6.11. The van der Waals surface area contributed by atoms with E-state index in [1.165, 1.54) is 23.5 Å². The molecule has 0 bridgehead atoms. The molecule has 1 aromatic heterocycles. The van der Waals surface area contributed by atoms with Crippen molar-refractivity contribution >= 4 is 23.4 Å². The first kappa shape index (κ1) is 20.1. The molecule has 30 heavy (non-hydrogen) atoms. The monoisotopic (exact) mass is 426 g/mol. The van der Waals surface area contributed by atoms with Gasteiger partial charge in [-0.1, -0.05) is 41.9 Å². The van der Waals surface area contributed by atoms with Gasteiger partial charge in [0.25, 0.3) is 5.91 Å². The molecule has 1 heterocycles. The number of hydrogen-bond donors (Lipinski definition) is 1. The fourth-order valence-corrected chi connectivity index (χ4v) is 4.35. The van der Waals surface area contributed by atoms with Crippen LogP contribution in [0.15, 0.2) is 55.0 Å². The first-order valence-electron chi connectivity index (χ1n) is 9.49. The highest BCUT2D eigenvalue weighted by atomic mass is 35.5. The minimum Gasteiger partial charge on any atom is -0.368 e. The van der Waals surface area contributed by atoms with Crippen LogP contribution >= 0.6 is 11.6 Å². The number of nitrogens with two attached hydrogens (primary N) is 1. The number of carbonyl (C=O) groups excluding carboxylic acids is 2. The maximum absolute atomic E-state index is 14.5. The minimum absolute atomic E-state index is 0.237. The number of halogens is 2. The Morgan fingerprint density at radius 1 is 1.30 bits per heavy atom. The molecule has 8 heteroatoms. The van der Waals surface area contributed by atoms with Crippen LogP contribution in [0.1, 0.15) is 45.7 Å². The zero-order chi connectivity index (χ0) is 21.4. The third-order valence-electron chi connectivity index (χ3n) is 5.49. The number of nitrogens with zero attached hydrogens (tertiary/aromatic N) is 3. The summed E-state index contributed by atoms with van der Waals surface area (Å²) in [5, 5.41) is 0.237. The highest BCUT2D eigenvalue weighted by Gasteiger charge is 2.41. The van der Waals surface area contributed by atoms with E-state index in [-0.39, 0.29) is 5.02 Å². The standard InChI is InChI=1S/C22H20ClFN4O2/c1-27-12-26-11-19(27)22(30)28(20(21(25)29)13-5-3-2-4-6-13)18-8-7-15-16(18)9-14(23)10-17(15)24/h2-6,9-12,18,20H,7-8H2,1H3,(H2,25,29)/t18-,20-/m1/s1. The molecule has 1 aliphatic carbocycles. The molecular weight excluding hydrogens is 407 g/mol. The molecule has 0 unspecified atom stereocenters. The van der Waals surface area contributed by atoms with E-state index < -0.39 is 29.7 Å². The van der Waals surface area contributed by atoms with Gasteiger partial charge in [-0.2, -0.15) is 0 Å². The maximum atomic E-state index is 14.5. The van der Waals surface area contributed by atoms with Crippen molar-refractivity contribution in [2.45, 2.75) is 24.9 Å². The van der Waals surface area contributed by atoms with Gasteiger partial charge in [-0.15, -0.1) is 0 Å². The van der Waals surface area contributed by atoms with Crippen molar-refractivity contribution < 1.29 is 14.0 Å². The smallest absolute Gasteiger partial charge is 0.273 e. The predicted octanol–water partition coefficient (Wildman–Crippen LogP) is 3.57. The SMILES string of the molecule is Cn1cncc1C(=O)N([C@@H]1CCc2c(F)cc(Cl)cc21)[C@@H](C(N)=O)c1ccccc1. The van der Waals surface area contributed by atoms with Crippen LogP contribution in [-0.2, 0) is 18.3 Å². The number of hydrogen-bond acceptors (Lipinski definition) is 3. The van der Waals surface area contributed by atoms with Gasteiger partial charge in [-0.05, 0) is 41.7 Å². The summed E-state index contributed by atoms with van der Waals surface area (Å²) < 4.78 is 16.1. The number of benzene rings is 2. The van der Waals surface area contributed by atoms with Gasteiger partial charge in [-0.25, -0.2) is 9.37 Å². The lowest BCUT2D eigenvalue weighted by Gasteiger charge is -2.35. The number of imidazole rings is 1. The van der Waals surface area contributed by atoms with Crippen LogP contribution in [0.25, 0.3) is 0 Å². The van der Waals surface area contributed by atoms with Crippen LogP contribution in [0.4, 0.5) is 4.39 Å². The van der Waals surface area contributed by atoms with Crippen molar-refractivity contribution in [3.63, 3.8) is 0 Å². The lowest BCUT2D eigenvalue weighted by Crippen LogP contribution is -2.44. The summed E-state index contributed by atoms with van der Waals surface area (Å²) in [6.07, 6.45) is 3.82. The van der Waals surface area contributed by atoms with Crippen LogP contribution < -0.4 is 5.73 Å². The van der Waals surface area contributed by atoms with E-state index in [4.69, 9.17) is 17.3 Å². The molecular formula is C22H20ClFN4O2. The molecule has 0 fully saturated rings. The summed E-state index contributed by atoms with van der Waals surface area (Å²) in [4.78, 5) is 31.7. The van der Waals surface area contributed by atoms with Crippen LogP contribution in [0.5, 0.6) is 0 Å². The van der Waals surface area contributed by atoms with Gasteiger partial charge in [0.1, 0.15) is 17.6 Å². The van der Waals surface area contributed by atoms with E-state index in [0.29, 0.717) is 35.2 Å². The molecule has 6 nitrogen and oxygen atoms in total. The third kappa shape index (κ3) is 3.45. The Bertz CT molecular complexity index is 1120. The Morgan fingerprint density at radius 3 is 2.67 bits per heavy atom. The van der Waals surface area contributed by atoms with E-state index in [1.54, 1.807) is 41.9 Å². The molecule has 1 aliphatic rings. The highest BCUT2D eigenvalue weighted by Crippen LogP contribution is 2.43. The van der Waals surface area contributed by atoms with Gasteiger partial charge in [0.05, 0.1) is 18.6 Å². The molecule has 0 saturated heterocycles. The molecule has 154 valence electrons. The highest BCUT2D eigenvalue weighted by molar-refractivity contribution is 6.30. The number of aromatic nitrogens is 2. The Balaban J connectivity index is 1.89. The van der Waals surface area contributed by atoms with E-state index in [2.05, 4.69) is 4.98 Å². The predicted molar refractivity (Wildman–Crippen MR) is 110 cm³/mol. The van der Waals surface area contributed by atoms with Crippen molar-refractivity contribution in [3.05, 3.63) is 88.2 Å². The third-order valence-corrected chi connectivity index (χ3v) is 5.71. The van der Waals surface area contributed by atoms with Gasteiger partial charge < -0.3 is 15.2 Å². The van der Waals surface area contributed by atoms with Crippen molar-refractivity contribution in [3.8, 4) is 0 Å². The van der Waals surface area contributed by atoms with Crippen LogP contribution in [-0.4, -0.2) is 26.3 Å². The molecule has 2 amide bonds. The average molecular weight is 427 g/mol. The van der Waals surface area contributed by atoms with Crippen molar-refractivity contribution in [1.29, 1.82) is 0 Å². The Hall–Kier alpha value is -3.19. The van der Waals surface area contributed by atoms with Gasteiger partial charge >= 0.3 is 0 Å². The molecule has 2 atom stereocenters. The van der Waals surface area contributed by atoms with Gasteiger partial charge in [0, 0.05) is 12.1 Å². The Kier molecular flexibility index (Phi) is 5.30. The molecule has 2 aromatic carbocycles. The van der Waals surface area contributed by atoms with Crippen molar-refractivity contribution in [1.82, 2.24) is 14.5 Å². The summed E-state index contributed by atoms with van der Waals surface area (Å²) in [6, 6.07) is 10.2. The van der Waals surface area contributed by atoms with Gasteiger partial charge in [0.2, 0.25) is 5.91 Å². The van der Waals surface area contributed by atoms with Crippen LogP contribution in [0.3, 0.4) is 0 Å². The Morgan fingerprint density at radius 2 is 2.03 bits per heavy atom. The number of primary amides is 1. The van der Waals surface area contributed by atoms with Gasteiger partial charge in [0.15, 0.2) is 0 Å². The average Bonchev–Trinajstić information content (AvgIpc) is 3.32. The van der Waals surface area contributed by atoms with E-state index in [1.807, 2.05) is 6.07 Å². The largest absolute Gasteiger partial charge is 0.368 e. The molecule has 3 aromatic rings. The summed E-state index contributed by atoms with van der Waals surface area (Å²) in [5.74, 6) is -1.50. The van der Waals surface area contributed by atoms with E-state index >= 15 is 0 Å². The van der Waals surface area contributed by atoms with E-state index in [9.17, 15) is 14.0 Å². The normalized spacial score (nSPS) is 16.2. The maximum Gasteiger partial charge on any atom is 0.273 e. The second kappa shape index (κ2) is 7.91. The van der Waals surface area contributed by atoms with Gasteiger partial charge in [-0.3, -0.25) is 9.59 Å². The quantitative estimate of drug-likeness (QED) is 0.677. The fourth-order valence-electron chi connectivity index (χ4n) is 4.14. The van der Waals surface area contributed by atoms with E-state index in [0.717, 1.165) is 0 Å². The molecule has 4 rings (SSSR count). The second-order valence-corrected chi connectivity index (χ2v) is 7.76. The number of fused-ring (bicyclic) bond motifs is 1. The fraction of sp³-hybridized carbons (Fsp3) is 0.227. The van der Waals surface area contributed by atoms with Crippen molar-refractivity contribution in [2.75, 3.05) is 0 Å². The molecule has 2 N–H and O–H groups in total. The summed E-state index contributed by atoms with van der Waals surface area (Å²) in [7, 11) is 1.69. The zero-order valence-electron chi connectivity index (χ0n) is 16.3. The number of aryl methyl sites for hydroxylation is 1. The zero-order valence-corrected chi connectivity index (χ0v) is 17.0. The molecule has 0 aliphatic heterocycles. The summed E-state index contributed by atoms with van der Waals surface area (Å²) in [5.41, 5.74) is 7.77. The number of carbonyl (C=O) groups is 2. The second-order valence-electron chi connectivity index (χ2n) is 7.33. The Labute approximate surface area is 178 Å². The summed E-state index contributed by atoms with van der Waals surface area (Å²) in [6.45, 7) is 0. The van der Waals surface area contributed by atoms with Crippen LogP contribution in [0, 0.1) is 5.82 Å². The minimum atomic E-state index is -1.04. The molecule has 0 spiro atoms. The molecule has 0 saturated carbocycles. The lowest BCUT2D eigenvalue weighted by molar-refractivity contribution is -0.123. The number of rotatable bonds is 5. The lowest BCUT2D eigenvalue weighted by atomic mass is 9.98. The molecule has 0 radical (unpaired) electrons. The van der Waals surface area contributed by atoms with Crippen LogP contribution in [0.2, 0.25) is 5.02 Å². The first-order valence-corrected chi connectivity index (χ1v) is 9.87.